The number of hydrogen-bond donors (Lipinski definition) is 1. The van der Waals surface area contributed by atoms with Crippen LogP contribution in [0.1, 0.15) is 54.9 Å². The van der Waals surface area contributed by atoms with Crippen molar-refractivity contribution in [2.75, 3.05) is 33.9 Å². The molecular weight excluding hydrogens is 368 g/mol. The monoisotopic (exact) mass is 402 g/mol. The number of methoxy groups -OCH3 is 2. The Balaban J connectivity index is 2.00. The van der Waals surface area contributed by atoms with Gasteiger partial charge in [0.25, 0.3) is 5.91 Å². The number of unbranched alkanes of at least 4 members (excludes halogenated alkanes) is 2. The molecule has 1 aliphatic heterocycles. The van der Waals surface area contributed by atoms with Gasteiger partial charge in [-0.05, 0) is 37.8 Å². The minimum Gasteiger partial charge on any atom is -0.493 e. The Morgan fingerprint density at radius 2 is 1.93 bits per heavy atom. The number of benzene rings is 1. The Bertz CT molecular complexity index is 709. The summed E-state index contributed by atoms with van der Waals surface area (Å²) in [6, 6.07) is 3.57. The number of carbonyl (C=O) groups is 2. The van der Waals surface area contributed by atoms with Crippen LogP contribution >= 0.6 is 0 Å². The van der Waals surface area contributed by atoms with Crippen molar-refractivity contribution in [3.05, 3.63) is 35.9 Å². The van der Waals surface area contributed by atoms with E-state index in [1.54, 1.807) is 26.4 Å². The van der Waals surface area contributed by atoms with E-state index in [9.17, 15) is 9.59 Å². The third-order valence-corrected chi connectivity index (χ3v) is 5.40. The van der Waals surface area contributed by atoms with Crippen molar-refractivity contribution < 1.29 is 19.1 Å². The van der Waals surface area contributed by atoms with Gasteiger partial charge in [-0.15, -0.1) is 6.58 Å². The van der Waals surface area contributed by atoms with Gasteiger partial charge in [0.1, 0.15) is 0 Å². The highest BCUT2D eigenvalue weighted by molar-refractivity contribution is 5.95. The van der Waals surface area contributed by atoms with Crippen LogP contribution in [0.4, 0.5) is 0 Å². The van der Waals surface area contributed by atoms with Gasteiger partial charge in [-0.2, -0.15) is 0 Å². The lowest BCUT2D eigenvalue weighted by Gasteiger charge is -2.31. The molecular formula is C23H34N2O4. The number of carbonyl (C=O) groups excluding carboxylic acids is 2. The number of allylic oxidation sites excluding steroid dienone is 1. The van der Waals surface area contributed by atoms with Gasteiger partial charge < -0.3 is 19.7 Å². The Morgan fingerprint density at radius 3 is 2.52 bits per heavy atom. The average Bonchev–Trinajstić information content (AvgIpc) is 2.75. The van der Waals surface area contributed by atoms with E-state index >= 15 is 0 Å². The van der Waals surface area contributed by atoms with E-state index in [0.717, 1.165) is 31.4 Å². The molecule has 0 unspecified atom stereocenters. The van der Waals surface area contributed by atoms with Gasteiger partial charge in [0.05, 0.1) is 14.2 Å². The Labute approximate surface area is 174 Å². The maximum absolute atomic E-state index is 13.0. The second kappa shape index (κ2) is 11.5. The summed E-state index contributed by atoms with van der Waals surface area (Å²) < 4.78 is 10.9. The molecule has 160 valence electrons. The third kappa shape index (κ3) is 5.99. The van der Waals surface area contributed by atoms with Crippen LogP contribution in [0.25, 0.3) is 0 Å². The summed E-state index contributed by atoms with van der Waals surface area (Å²) in [6.07, 6.45) is 7.03. The molecule has 6 nitrogen and oxygen atoms in total. The normalized spacial score (nSPS) is 14.4. The van der Waals surface area contributed by atoms with E-state index in [1.165, 1.54) is 0 Å². The molecule has 0 saturated carbocycles. The van der Waals surface area contributed by atoms with E-state index in [0.29, 0.717) is 49.4 Å². The van der Waals surface area contributed by atoms with Crippen LogP contribution in [-0.4, -0.2) is 50.6 Å². The second-order valence-corrected chi connectivity index (χ2v) is 7.43. The fourth-order valence-corrected chi connectivity index (χ4v) is 3.73. The van der Waals surface area contributed by atoms with E-state index in [4.69, 9.17) is 9.47 Å². The van der Waals surface area contributed by atoms with Crippen LogP contribution in [0, 0.1) is 5.92 Å². The second-order valence-electron chi connectivity index (χ2n) is 7.43. The maximum atomic E-state index is 13.0. The number of amides is 2. The van der Waals surface area contributed by atoms with Gasteiger partial charge in [0.15, 0.2) is 11.5 Å². The molecule has 6 heteroatoms. The fourth-order valence-electron chi connectivity index (χ4n) is 3.73. The van der Waals surface area contributed by atoms with E-state index in [-0.39, 0.29) is 17.7 Å². The molecule has 1 aliphatic rings. The molecule has 0 atom stereocenters. The van der Waals surface area contributed by atoms with Gasteiger partial charge in [0, 0.05) is 36.7 Å². The zero-order chi connectivity index (χ0) is 21.2. The van der Waals surface area contributed by atoms with E-state index in [1.807, 2.05) is 11.0 Å². The predicted molar refractivity (Wildman–Crippen MR) is 115 cm³/mol. The van der Waals surface area contributed by atoms with Crippen molar-refractivity contribution in [1.29, 1.82) is 0 Å². The minimum absolute atomic E-state index is 0.0117. The lowest BCUT2D eigenvalue weighted by Crippen LogP contribution is -2.43. The smallest absolute Gasteiger partial charge is 0.254 e. The molecule has 1 fully saturated rings. The van der Waals surface area contributed by atoms with Crippen LogP contribution < -0.4 is 14.8 Å². The lowest BCUT2D eigenvalue weighted by molar-refractivity contribution is -0.126. The summed E-state index contributed by atoms with van der Waals surface area (Å²) >= 11 is 0. The highest BCUT2D eigenvalue weighted by Gasteiger charge is 2.28. The molecule has 2 rings (SSSR count). The molecule has 1 aromatic rings. The van der Waals surface area contributed by atoms with Gasteiger partial charge in [0.2, 0.25) is 5.91 Å². The fraction of sp³-hybridized carbons (Fsp3) is 0.565. The van der Waals surface area contributed by atoms with Gasteiger partial charge in [-0.1, -0.05) is 25.8 Å². The topological polar surface area (TPSA) is 67.9 Å². The maximum Gasteiger partial charge on any atom is 0.254 e. The summed E-state index contributed by atoms with van der Waals surface area (Å²) in [6.45, 7) is 7.82. The molecule has 1 aromatic carbocycles. The zero-order valence-electron chi connectivity index (χ0n) is 18.0. The van der Waals surface area contributed by atoms with Crippen LogP contribution in [0.3, 0.4) is 0 Å². The predicted octanol–water partition coefficient (Wildman–Crippen LogP) is 3.59. The quantitative estimate of drug-likeness (QED) is 0.480. The van der Waals surface area contributed by atoms with Crippen LogP contribution in [-0.2, 0) is 11.2 Å². The van der Waals surface area contributed by atoms with Crippen molar-refractivity contribution in [1.82, 2.24) is 10.2 Å². The molecule has 0 aromatic heterocycles. The third-order valence-electron chi connectivity index (χ3n) is 5.40. The van der Waals surface area contributed by atoms with Crippen molar-refractivity contribution in [2.24, 2.45) is 5.92 Å². The first-order valence-corrected chi connectivity index (χ1v) is 10.5. The van der Waals surface area contributed by atoms with E-state index < -0.39 is 0 Å². The summed E-state index contributed by atoms with van der Waals surface area (Å²) in [5, 5.41) is 3.03. The summed E-state index contributed by atoms with van der Waals surface area (Å²) in [4.78, 5) is 27.2. The van der Waals surface area contributed by atoms with Gasteiger partial charge in [-0.3, -0.25) is 9.59 Å². The molecule has 0 aliphatic carbocycles. The lowest BCUT2D eigenvalue weighted by atomic mass is 9.95. The molecule has 0 spiro atoms. The standard InChI is InChI=1S/C23H34N2O4/c1-5-7-8-12-24-22(26)17-10-13-25(14-11-17)23(27)19-15-18(9-6-2)21(29-4)20(16-19)28-3/h6,15-17H,2,5,7-14H2,1,3-4H3,(H,24,26). The highest BCUT2D eigenvalue weighted by Crippen LogP contribution is 2.34. The summed E-state index contributed by atoms with van der Waals surface area (Å²) in [5.74, 6) is 1.23. The Kier molecular flexibility index (Phi) is 9.03. The number of nitrogens with zero attached hydrogens (tertiary/aromatic N) is 1. The summed E-state index contributed by atoms with van der Waals surface area (Å²) in [7, 11) is 3.15. The molecule has 1 heterocycles. The van der Waals surface area contributed by atoms with Crippen LogP contribution in [0.2, 0.25) is 0 Å². The van der Waals surface area contributed by atoms with Gasteiger partial charge in [-0.25, -0.2) is 0 Å². The Morgan fingerprint density at radius 1 is 1.21 bits per heavy atom. The SMILES string of the molecule is C=CCc1cc(C(=O)N2CCC(C(=O)NCCCCC)CC2)cc(OC)c1OC. The minimum atomic E-state index is -0.0435. The largest absolute Gasteiger partial charge is 0.493 e. The van der Waals surface area contributed by atoms with Crippen molar-refractivity contribution >= 4 is 11.8 Å². The van der Waals surface area contributed by atoms with Crippen LogP contribution in [0.5, 0.6) is 11.5 Å². The van der Waals surface area contributed by atoms with Crippen LogP contribution in [0.15, 0.2) is 24.8 Å². The number of hydrogen-bond acceptors (Lipinski definition) is 4. The highest BCUT2D eigenvalue weighted by atomic mass is 16.5. The number of likely N-dealkylation sites (tertiary alicyclic amines) is 1. The zero-order valence-corrected chi connectivity index (χ0v) is 18.0. The summed E-state index contributed by atoms with van der Waals surface area (Å²) in [5.41, 5.74) is 1.44. The number of piperidine rings is 1. The first kappa shape index (κ1) is 22.8. The molecule has 0 bridgehead atoms. The number of rotatable bonds is 10. The number of ether oxygens (including phenoxy) is 2. The molecule has 1 saturated heterocycles. The first-order valence-electron chi connectivity index (χ1n) is 10.5. The van der Waals surface area contributed by atoms with Crippen molar-refractivity contribution in [2.45, 2.75) is 45.4 Å². The van der Waals surface area contributed by atoms with Gasteiger partial charge >= 0.3 is 0 Å². The molecule has 29 heavy (non-hydrogen) atoms. The first-order chi connectivity index (χ1) is 14.0. The van der Waals surface area contributed by atoms with Crippen molar-refractivity contribution in [3.8, 4) is 11.5 Å². The molecule has 2 amide bonds. The molecule has 0 radical (unpaired) electrons. The molecule has 1 N–H and O–H groups in total. The Hall–Kier alpha value is -2.50. The number of nitrogens with one attached hydrogen (secondary N) is 1. The average molecular weight is 403 g/mol. The van der Waals surface area contributed by atoms with Crippen molar-refractivity contribution in [3.63, 3.8) is 0 Å². The van der Waals surface area contributed by atoms with E-state index in [2.05, 4.69) is 18.8 Å².